The van der Waals surface area contributed by atoms with Crippen molar-refractivity contribution in [3.63, 3.8) is 0 Å². The summed E-state index contributed by atoms with van der Waals surface area (Å²) >= 11 is 0. The molecule has 0 aliphatic carbocycles. The third kappa shape index (κ3) is 3.04. The van der Waals surface area contributed by atoms with Crippen LogP contribution in [-0.2, 0) is 17.8 Å². The van der Waals surface area contributed by atoms with Gasteiger partial charge in [0.2, 0.25) is 5.91 Å². The molecule has 22 heavy (non-hydrogen) atoms. The lowest BCUT2D eigenvalue weighted by atomic mass is 10.1. The Hall–Kier alpha value is -2.13. The Morgan fingerprint density at radius 1 is 1.18 bits per heavy atom. The highest BCUT2D eigenvalue weighted by Crippen LogP contribution is 2.31. The predicted octanol–water partition coefficient (Wildman–Crippen LogP) is 3.06. The van der Waals surface area contributed by atoms with Crippen molar-refractivity contribution in [2.75, 3.05) is 11.4 Å². The number of carbonyl (C=O) groups excluding carboxylic acids is 1. The number of hydrogen-bond acceptors (Lipinski definition) is 2. The molecule has 0 saturated carbocycles. The Morgan fingerprint density at radius 3 is 2.68 bits per heavy atom. The lowest BCUT2D eigenvalue weighted by Crippen LogP contribution is -2.41. The Morgan fingerprint density at radius 2 is 1.91 bits per heavy atom. The molecule has 0 fully saturated rings. The molecule has 3 heteroatoms. The maximum Gasteiger partial charge on any atom is 0.241 e. The Labute approximate surface area is 132 Å². The van der Waals surface area contributed by atoms with Gasteiger partial charge in [0.15, 0.2) is 0 Å². The number of aryl methyl sites for hydroxylation is 1. The van der Waals surface area contributed by atoms with Crippen LogP contribution >= 0.6 is 0 Å². The van der Waals surface area contributed by atoms with E-state index in [0.717, 1.165) is 18.7 Å². The third-order valence-corrected chi connectivity index (χ3v) is 4.20. The second-order valence-corrected chi connectivity index (χ2v) is 6.03. The van der Waals surface area contributed by atoms with Gasteiger partial charge in [0, 0.05) is 18.3 Å². The first-order chi connectivity index (χ1) is 10.6. The number of para-hydroxylation sites is 1. The first-order valence-corrected chi connectivity index (χ1v) is 7.81. The fourth-order valence-electron chi connectivity index (χ4n) is 3.05. The molecule has 1 amide bonds. The van der Waals surface area contributed by atoms with Crippen molar-refractivity contribution in [3.8, 4) is 0 Å². The van der Waals surface area contributed by atoms with Gasteiger partial charge in [-0.25, -0.2) is 0 Å². The minimum absolute atomic E-state index is 0.143. The molecule has 114 valence electrons. The lowest BCUT2D eigenvalue weighted by Gasteiger charge is -2.23. The van der Waals surface area contributed by atoms with E-state index in [1.807, 2.05) is 23.1 Å². The minimum atomic E-state index is 0.143. The molecule has 1 N–H and O–H groups in total. The number of nitrogens with zero attached hydrogens (tertiary/aromatic N) is 1. The molecular weight excluding hydrogens is 272 g/mol. The predicted molar refractivity (Wildman–Crippen MR) is 90.0 cm³/mol. The summed E-state index contributed by atoms with van der Waals surface area (Å²) in [6.07, 6.45) is 0.944. The van der Waals surface area contributed by atoms with Gasteiger partial charge in [-0.3, -0.25) is 4.79 Å². The van der Waals surface area contributed by atoms with E-state index in [4.69, 9.17) is 0 Å². The van der Waals surface area contributed by atoms with Crippen molar-refractivity contribution in [1.82, 2.24) is 5.32 Å². The average Bonchev–Trinajstić information content (AvgIpc) is 2.85. The third-order valence-electron chi connectivity index (χ3n) is 4.20. The second-order valence-electron chi connectivity index (χ2n) is 6.03. The summed E-state index contributed by atoms with van der Waals surface area (Å²) in [6.45, 7) is 5.27. The number of anilines is 1. The molecule has 1 atom stereocenters. The highest BCUT2D eigenvalue weighted by Gasteiger charge is 2.29. The highest BCUT2D eigenvalue weighted by atomic mass is 16.2. The van der Waals surface area contributed by atoms with Crippen molar-refractivity contribution in [1.29, 1.82) is 0 Å². The molecule has 3 rings (SSSR count). The molecule has 0 bridgehead atoms. The summed E-state index contributed by atoms with van der Waals surface area (Å²) < 4.78 is 0. The normalized spacial score (nSPS) is 16.6. The van der Waals surface area contributed by atoms with E-state index in [2.05, 4.69) is 49.5 Å². The zero-order valence-corrected chi connectivity index (χ0v) is 13.2. The summed E-state index contributed by atoms with van der Waals surface area (Å²) in [6, 6.07) is 16.8. The number of benzene rings is 2. The van der Waals surface area contributed by atoms with Crippen LogP contribution in [0.1, 0.15) is 23.6 Å². The summed E-state index contributed by atoms with van der Waals surface area (Å²) in [4.78, 5) is 14.5. The lowest BCUT2D eigenvalue weighted by molar-refractivity contribution is -0.118. The van der Waals surface area contributed by atoms with Gasteiger partial charge in [-0.15, -0.1) is 0 Å². The molecule has 1 aliphatic rings. The summed E-state index contributed by atoms with van der Waals surface area (Å²) in [7, 11) is 0. The Balaban J connectivity index is 1.59. The van der Waals surface area contributed by atoms with Gasteiger partial charge >= 0.3 is 0 Å². The molecule has 1 aliphatic heterocycles. The quantitative estimate of drug-likeness (QED) is 0.940. The molecule has 0 saturated heterocycles. The van der Waals surface area contributed by atoms with Crippen molar-refractivity contribution in [2.24, 2.45) is 0 Å². The molecule has 1 unspecified atom stereocenters. The van der Waals surface area contributed by atoms with Crippen molar-refractivity contribution < 1.29 is 4.79 Å². The number of amides is 1. The van der Waals surface area contributed by atoms with Crippen LogP contribution in [0.2, 0.25) is 0 Å². The van der Waals surface area contributed by atoms with Crippen LogP contribution in [0, 0.1) is 6.92 Å². The maximum atomic E-state index is 12.5. The highest BCUT2D eigenvalue weighted by molar-refractivity contribution is 5.97. The molecule has 3 nitrogen and oxygen atoms in total. The maximum absolute atomic E-state index is 12.5. The first kappa shape index (κ1) is 14.8. The van der Waals surface area contributed by atoms with Gasteiger partial charge in [-0.05, 0) is 37.5 Å². The number of rotatable bonds is 4. The van der Waals surface area contributed by atoms with Crippen LogP contribution in [0.3, 0.4) is 0 Å². The number of carbonyl (C=O) groups is 1. The van der Waals surface area contributed by atoms with Crippen molar-refractivity contribution in [3.05, 3.63) is 65.2 Å². The van der Waals surface area contributed by atoms with E-state index in [9.17, 15) is 4.79 Å². The summed E-state index contributed by atoms with van der Waals surface area (Å²) in [5.41, 5.74) is 4.79. The fourth-order valence-corrected chi connectivity index (χ4v) is 3.05. The van der Waals surface area contributed by atoms with Crippen LogP contribution < -0.4 is 10.2 Å². The summed E-state index contributed by atoms with van der Waals surface area (Å²) in [5, 5.41) is 3.26. The van der Waals surface area contributed by atoms with Crippen LogP contribution in [0.4, 0.5) is 5.69 Å². The number of hydrogen-bond donors (Lipinski definition) is 1. The zero-order chi connectivity index (χ0) is 15.5. The zero-order valence-electron chi connectivity index (χ0n) is 13.2. The first-order valence-electron chi connectivity index (χ1n) is 7.81. The summed E-state index contributed by atoms with van der Waals surface area (Å²) in [5.74, 6) is 0.143. The van der Waals surface area contributed by atoms with Gasteiger partial charge in [-0.2, -0.15) is 0 Å². The molecule has 0 aromatic heterocycles. The van der Waals surface area contributed by atoms with Crippen molar-refractivity contribution >= 4 is 11.6 Å². The van der Waals surface area contributed by atoms with E-state index in [-0.39, 0.29) is 11.9 Å². The van der Waals surface area contributed by atoms with Gasteiger partial charge in [0.1, 0.15) is 0 Å². The topological polar surface area (TPSA) is 32.3 Å². The van der Waals surface area contributed by atoms with Gasteiger partial charge in [0.05, 0.1) is 6.54 Å². The smallest absolute Gasteiger partial charge is 0.241 e. The standard InChI is InChI=1S/C19H22N2O/c1-14-7-9-16(10-8-14)12-20-13-19(22)21-15(2)11-17-5-3-4-6-18(17)21/h3-10,15,20H,11-13H2,1-2H3. The van der Waals surface area contributed by atoms with Gasteiger partial charge in [-0.1, -0.05) is 48.0 Å². The molecule has 2 aromatic carbocycles. The number of fused-ring (bicyclic) bond motifs is 1. The second kappa shape index (κ2) is 6.32. The molecule has 0 radical (unpaired) electrons. The van der Waals surface area contributed by atoms with Gasteiger partial charge < -0.3 is 10.2 Å². The molecule has 0 spiro atoms. The molecule has 1 heterocycles. The SMILES string of the molecule is Cc1ccc(CNCC(=O)N2c3ccccc3CC2C)cc1. The van der Waals surface area contributed by atoms with Crippen LogP contribution in [0.25, 0.3) is 0 Å². The van der Waals surface area contributed by atoms with Crippen LogP contribution in [0.15, 0.2) is 48.5 Å². The Bertz CT molecular complexity index is 663. The average molecular weight is 294 g/mol. The number of nitrogens with one attached hydrogen (secondary N) is 1. The Kier molecular flexibility index (Phi) is 4.25. The minimum Gasteiger partial charge on any atom is -0.308 e. The largest absolute Gasteiger partial charge is 0.308 e. The van der Waals surface area contributed by atoms with E-state index in [1.165, 1.54) is 16.7 Å². The molecule has 2 aromatic rings. The monoisotopic (exact) mass is 294 g/mol. The van der Waals surface area contributed by atoms with E-state index in [0.29, 0.717) is 6.54 Å². The van der Waals surface area contributed by atoms with Crippen molar-refractivity contribution in [2.45, 2.75) is 32.9 Å². The van der Waals surface area contributed by atoms with E-state index >= 15 is 0 Å². The fraction of sp³-hybridized carbons (Fsp3) is 0.316. The van der Waals surface area contributed by atoms with E-state index < -0.39 is 0 Å². The van der Waals surface area contributed by atoms with E-state index in [1.54, 1.807) is 0 Å². The van der Waals surface area contributed by atoms with Gasteiger partial charge in [0.25, 0.3) is 0 Å². The van der Waals surface area contributed by atoms with Crippen LogP contribution in [0.5, 0.6) is 0 Å². The molecular formula is C19H22N2O. The van der Waals surface area contributed by atoms with Crippen LogP contribution in [-0.4, -0.2) is 18.5 Å².